The minimum absolute atomic E-state index is 0.0619. The van der Waals surface area contributed by atoms with Crippen molar-refractivity contribution >= 4 is 24.2 Å². The molecule has 5 heteroatoms. The van der Waals surface area contributed by atoms with Gasteiger partial charge in [-0.3, -0.25) is 4.79 Å². The summed E-state index contributed by atoms with van der Waals surface area (Å²) in [5.74, 6) is 0.0619. The SMILES string of the molecule is CC1OC2(CCN(CCc3ccc(S)cc3)CC2)CN(c2ccccc2)C1=O. The third-order valence-electron chi connectivity index (χ3n) is 5.98. The maximum Gasteiger partial charge on any atom is 0.255 e. The molecule has 4 rings (SSSR count). The Morgan fingerprint density at radius 3 is 2.43 bits per heavy atom. The predicted molar refractivity (Wildman–Crippen MR) is 115 cm³/mol. The normalized spacial score (nSPS) is 22.6. The number of thiol groups is 1. The number of carbonyl (C=O) groups excluding carboxylic acids is 1. The third-order valence-corrected chi connectivity index (χ3v) is 6.27. The van der Waals surface area contributed by atoms with E-state index in [1.165, 1.54) is 5.56 Å². The van der Waals surface area contributed by atoms with Crippen molar-refractivity contribution in [3.05, 3.63) is 60.2 Å². The standard InChI is InChI=1S/C23H28N2O2S/c1-18-22(26)25(20-5-3-2-4-6-20)17-23(27-18)12-15-24(16-13-23)14-11-19-7-9-21(28)10-8-19/h2-10,18,28H,11-17H2,1H3. The number of para-hydroxylation sites is 1. The molecule has 2 aromatic carbocycles. The molecule has 2 aliphatic heterocycles. The smallest absolute Gasteiger partial charge is 0.255 e. The Kier molecular flexibility index (Phi) is 5.76. The molecule has 2 aliphatic rings. The van der Waals surface area contributed by atoms with Crippen LogP contribution in [0.2, 0.25) is 0 Å². The first kappa shape index (κ1) is 19.5. The number of rotatable bonds is 4. The molecule has 1 amide bonds. The quantitative estimate of drug-likeness (QED) is 0.798. The van der Waals surface area contributed by atoms with Crippen LogP contribution in [0.3, 0.4) is 0 Å². The molecular formula is C23H28N2O2S. The molecule has 2 heterocycles. The maximum atomic E-state index is 12.7. The van der Waals surface area contributed by atoms with E-state index < -0.39 is 0 Å². The van der Waals surface area contributed by atoms with Crippen LogP contribution in [-0.2, 0) is 16.0 Å². The molecule has 1 spiro atoms. The molecule has 0 aliphatic carbocycles. The molecule has 0 saturated carbocycles. The van der Waals surface area contributed by atoms with Crippen LogP contribution in [0.1, 0.15) is 25.3 Å². The molecule has 0 bridgehead atoms. The Labute approximate surface area is 172 Å². The third kappa shape index (κ3) is 4.27. The highest BCUT2D eigenvalue weighted by Crippen LogP contribution is 2.35. The summed E-state index contributed by atoms with van der Waals surface area (Å²) in [6, 6.07) is 18.4. The van der Waals surface area contributed by atoms with Gasteiger partial charge in [-0.25, -0.2) is 0 Å². The van der Waals surface area contributed by atoms with Gasteiger partial charge in [0, 0.05) is 30.2 Å². The molecule has 0 aromatic heterocycles. The van der Waals surface area contributed by atoms with Crippen molar-refractivity contribution in [3.8, 4) is 0 Å². The largest absolute Gasteiger partial charge is 0.360 e. The van der Waals surface area contributed by atoms with E-state index in [0.717, 1.165) is 49.5 Å². The van der Waals surface area contributed by atoms with Gasteiger partial charge in [-0.1, -0.05) is 30.3 Å². The highest BCUT2D eigenvalue weighted by atomic mass is 32.1. The van der Waals surface area contributed by atoms with E-state index in [1.807, 2.05) is 42.2 Å². The van der Waals surface area contributed by atoms with Gasteiger partial charge in [0.15, 0.2) is 0 Å². The zero-order valence-electron chi connectivity index (χ0n) is 16.4. The van der Waals surface area contributed by atoms with Crippen molar-refractivity contribution in [2.45, 2.75) is 42.8 Å². The second-order valence-electron chi connectivity index (χ2n) is 7.96. The van der Waals surface area contributed by atoms with Crippen LogP contribution in [0, 0.1) is 0 Å². The number of nitrogens with zero attached hydrogens (tertiary/aromatic N) is 2. The second kappa shape index (κ2) is 8.27. The Morgan fingerprint density at radius 2 is 1.75 bits per heavy atom. The number of likely N-dealkylation sites (tertiary alicyclic amines) is 1. The topological polar surface area (TPSA) is 32.8 Å². The van der Waals surface area contributed by atoms with Gasteiger partial charge in [0.2, 0.25) is 0 Å². The number of ether oxygens (including phenoxy) is 1. The van der Waals surface area contributed by atoms with Gasteiger partial charge in [-0.15, -0.1) is 12.6 Å². The highest BCUT2D eigenvalue weighted by Gasteiger charge is 2.45. The fraction of sp³-hybridized carbons (Fsp3) is 0.435. The molecule has 148 valence electrons. The predicted octanol–water partition coefficient (Wildman–Crippen LogP) is 3.80. The van der Waals surface area contributed by atoms with E-state index in [2.05, 4.69) is 41.8 Å². The van der Waals surface area contributed by atoms with Gasteiger partial charge >= 0.3 is 0 Å². The van der Waals surface area contributed by atoms with Crippen LogP contribution >= 0.6 is 12.6 Å². The number of amides is 1. The van der Waals surface area contributed by atoms with Gasteiger partial charge in [0.1, 0.15) is 6.10 Å². The Balaban J connectivity index is 1.37. The average molecular weight is 397 g/mol. The van der Waals surface area contributed by atoms with E-state index in [-0.39, 0.29) is 17.6 Å². The lowest BCUT2D eigenvalue weighted by Gasteiger charge is -2.49. The number of anilines is 1. The zero-order valence-corrected chi connectivity index (χ0v) is 17.3. The highest BCUT2D eigenvalue weighted by molar-refractivity contribution is 7.80. The van der Waals surface area contributed by atoms with E-state index in [0.29, 0.717) is 6.54 Å². The Morgan fingerprint density at radius 1 is 1.07 bits per heavy atom. The number of piperidine rings is 1. The number of morpholine rings is 1. The first-order valence-corrected chi connectivity index (χ1v) is 10.5. The summed E-state index contributed by atoms with van der Waals surface area (Å²) in [6.45, 7) is 5.61. The van der Waals surface area contributed by atoms with Crippen molar-refractivity contribution in [1.29, 1.82) is 0 Å². The molecule has 28 heavy (non-hydrogen) atoms. The summed E-state index contributed by atoms with van der Waals surface area (Å²) in [6.07, 6.45) is 2.58. The maximum absolute atomic E-state index is 12.7. The lowest BCUT2D eigenvalue weighted by Crippen LogP contribution is -2.61. The monoisotopic (exact) mass is 396 g/mol. The van der Waals surface area contributed by atoms with Crippen molar-refractivity contribution in [3.63, 3.8) is 0 Å². The van der Waals surface area contributed by atoms with Crippen molar-refractivity contribution in [1.82, 2.24) is 4.90 Å². The number of hydrogen-bond acceptors (Lipinski definition) is 4. The molecule has 1 unspecified atom stereocenters. The van der Waals surface area contributed by atoms with Crippen LogP contribution in [0.25, 0.3) is 0 Å². The molecule has 2 aromatic rings. The van der Waals surface area contributed by atoms with Crippen molar-refractivity contribution in [2.24, 2.45) is 0 Å². The summed E-state index contributed by atoms with van der Waals surface area (Å²) in [7, 11) is 0. The molecular weight excluding hydrogens is 368 g/mol. The fourth-order valence-electron chi connectivity index (χ4n) is 4.28. The summed E-state index contributed by atoms with van der Waals surface area (Å²) >= 11 is 4.35. The van der Waals surface area contributed by atoms with Crippen molar-refractivity contribution < 1.29 is 9.53 Å². The summed E-state index contributed by atoms with van der Waals surface area (Å²) in [4.78, 5) is 18.1. The van der Waals surface area contributed by atoms with Gasteiger partial charge in [-0.2, -0.15) is 0 Å². The van der Waals surface area contributed by atoms with Gasteiger partial charge in [0.25, 0.3) is 5.91 Å². The first-order valence-electron chi connectivity index (χ1n) is 10.1. The lowest BCUT2D eigenvalue weighted by atomic mass is 9.88. The summed E-state index contributed by atoms with van der Waals surface area (Å²) in [5, 5.41) is 0. The van der Waals surface area contributed by atoms with Crippen molar-refractivity contribution in [2.75, 3.05) is 31.1 Å². The molecule has 0 radical (unpaired) electrons. The van der Waals surface area contributed by atoms with Gasteiger partial charge in [0.05, 0.1) is 12.1 Å². The van der Waals surface area contributed by atoms with Crippen LogP contribution in [-0.4, -0.2) is 48.7 Å². The zero-order chi connectivity index (χ0) is 19.6. The number of benzene rings is 2. The van der Waals surface area contributed by atoms with E-state index in [9.17, 15) is 4.79 Å². The Hall–Kier alpha value is -1.82. The van der Waals surface area contributed by atoms with Gasteiger partial charge in [-0.05, 0) is 56.0 Å². The van der Waals surface area contributed by atoms with Crippen LogP contribution < -0.4 is 4.90 Å². The summed E-state index contributed by atoms with van der Waals surface area (Å²) < 4.78 is 6.28. The molecule has 4 nitrogen and oxygen atoms in total. The molecule has 2 saturated heterocycles. The second-order valence-corrected chi connectivity index (χ2v) is 8.48. The molecule has 1 atom stereocenters. The van der Waals surface area contributed by atoms with E-state index in [1.54, 1.807) is 0 Å². The van der Waals surface area contributed by atoms with Crippen LogP contribution in [0.5, 0.6) is 0 Å². The van der Waals surface area contributed by atoms with Gasteiger partial charge < -0.3 is 14.5 Å². The summed E-state index contributed by atoms with van der Waals surface area (Å²) in [5.41, 5.74) is 2.09. The van der Waals surface area contributed by atoms with Crippen LogP contribution in [0.4, 0.5) is 5.69 Å². The van der Waals surface area contributed by atoms with E-state index >= 15 is 0 Å². The minimum atomic E-state index is -0.389. The lowest BCUT2D eigenvalue weighted by molar-refractivity contribution is -0.161. The molecule has 0 N–H and O–H groups in total. The first-order chi connectivity index (χ1) is 13.5. The number of carbonyl (C=O) groups is 1. The average Bonchev–Trinajstić information content (AvgIpc) is 2.72. The van der Waals surface area contributed by atoms with Crippen LogP contribution in [0.15, 0.2) is 59.5 Å². The number of hydrogen-bond donors (Lipinski definition) is 1. The fourth-order valence-corrected chi connectivity index (χ4v) is 4.43. The molecule has 2 fully saturated rings. The van der Waals surface area contributed by atoms with E-state index in [4.69, 9.17) is 4.74 Å². The Bertz CT molecular complexity index is 801. The minimum Gasteiger partial charge on any atom is -0.360 e.